The molecule has 7 aliphatic carbocycles. The summed E-state index contributed by atoms with van der Waals surface area (Å²) in [5, 5.41) is 24.0. The molecule has 18 nitrogen and oxygen atoms in total. The Morgan fingerprint density at radius 2 is 0.787 bits per heavy atom. The van der Waals surface area contributed by atoms with Crippen LogP contribution in [-0.2, 0) is 80.2 Å². The zero-order valence-corrected chi connectivity index (χ0v) is 53.2. The van der Waals surface area contributed by atoms with Gasteiger partial charge in [-0.3, -0.25) is 42.8 Å². The van der Waals surface area contributed by atoms with Gasteiger partial charge >= 0.3 is 17.9 Å². The number of amides is 3. The lowest BCUT2D eigenvalue weighted by atomic mass is 9.84. The van der Waals surface area contributed by atoms with E-state index in [0.717, 1.165) is 187 Å². The van der Waals surface area contributed by atoms with Crippen molar-refractivity contribution < 1.29 is 43.0 Å². The molecule has 6 atom stereocenters. The number of aryl methyl sites for hydroxylation is 2. The molecule has 0 bridgehead atoms. The third kappa shape index (κ3) is 16.3. The summed E-state index contributed by atoms with van der Waals surface area (Å²) in [5.41, 5.74) is 10.9. The number of rotatable bonds is 17. The lowest BCUT2D eigenvalue weighted by Gasteiger charge is -2.30. The summed E-state index contributed by atoms with van der Waals surface area (Å²) in [5.74, 6) is -1.63. The van der Waals surface area contributed by atoms with Crippen molar-refractivity contribution >= 4 is 35.6 Å². The number of nitrogens with zero attached hydrogens (tertiary/aromatic N) is 6. The van der Waals surface area contributed by atoms with Gasteiger partial charge in [0.15, 0.2) is 5.69 Å². The number of aromatic nitrogens is 6. The van der Waals surface area contributed by atoms with Crippen LogP contribution in [0.1, 0.15) is 251 Å². The van der Waals surface area contributed by atoms with E-state index >= 15 is 0 Å². The van der Waals surface area contributed by atoms with E-state index in [-0.39, 0.29) is 71.5 Å². The first-order valence-corrected chi connectivity index (χ1v) is 34.3. The third-order valence-electron chi connectivity index (χ3n) is 19.6. The average molecular weight is 1220 g/mol. The van der Waals surface area contributed by atoms with Crippen LogP contribution in [0.4, 0.5) is 0 Å². The minimum atomic E-state index is -0.260. The number of carbonyl (C=O) groups excluding carboxylic acids is 6. The van der Waals surface area contributed by atoms with Crippen LogP contribution >= 0.6 is 0 Å². The highest BCUT2D eigenvalue weighted by atomic mass is 16.5. The normalized spacial score (nSPS) is 22.4. The summed E-state index contributed by atoms with van der Waals surface area (Å²) in [6.45, 7) is 7.74. The Kier molecular flexibility index (Phi) is 23.4. The van der Waals surface area contributed by atoms with E-state index in [9.17, 15) is 28.8 Å². The standard InChI is InChI=1S/2C24H31N3O3.C23H35N3O3/c2*1-2-30-24(29)19-13-7-8-14-20(19)25-23(28)22-18-12-6-9-15-21(18)26-27(22)16-17-10-4-3-5-11-17;1-2-29-23(28)17-12-6-8-14-19(17)24-22(27)21-18-13-7-9-15-20(18)26(25-21)16-10-4-3-5-11-16/h2*3-5,10-11,19-20H,2,6-9,12-16H2,1H3,(H,25,28);16-17,19H,2-15H2,1H3,(H,24,27)/t19-,20+;19-,20-;17-,19-/m101/s1. The van der Waals surface area contributed by atoms with Crippen molar-refractivity contribution in [2.24, 2.45) is 17.8 Å². The van der Waals surface area contributed by atoms with Crippen LogP contribution in [0, 0.1) is 17.8 Å². The van der Waals surface area contributed by atoms with Gasteiger partial charge in [-0.05, 0) is 160 Å². The molecule has 4 fully saturated rings. The van der Waals surface area contributed by atoms with Crippen molar-refractivity contribution in [3.05, 3.63) is 123 Å². The maximum Gasteiger partial charge on any atom is 0.311 e. The molecule has 0 aliphatic heterocycles. The molecule has 89 heavy (non-hydrogen) atoms. The Bertz CT molecular complexity index is 3030. The van der Waals surface area contributed by atoms with Gasteiger partial charge in [-0.1, -0.05) is 118 Å². The zero-order chi connectivity index (χ0) is 62.1. The molecule has 480 valence electrons. The minimum absolute atomic E-state index is 0.0982. The number of fused-ring (bicyclic) bond motifs is 3. The third-order valence-corrected chi connectivity index (χ3v) is 19.6. The number of hydrogen-bond acceptors (Lipinski definition) is 12. The first-order valence-electron chi connectivity index (χ1n) is 34.3. The van der Waals surface area contributed by atoms with Gasteiger partial charge in [-0.15, -0.1) is 0 Å². The smallest absolute Gasteiger partial charge is 0.311 e. The highest BCUT2D eigenvalue weighted by Crippen LogP contribution is 2.36. The van der Waals surface area contributed by atoms with Crippen molar-refractivity contribution in [2.75, 3.05) is 19.8 Å². The molecule has 18 heteroatoms. The summed E-state index contributed by atoms with van der Waals surface area (Å²) in [7, 11) is 0. The molecule has 3 N–H and O–H groups in total. The lowest BCUT2D eigenvalue weighted by molar-refractivity contribution is -0.150. The van der Waals surface area contributed by atoms with E-state index in [4.69, 9.17) is 29.5 Å². The molecule has 0 spiro atoms. The molecule has 7 aliphatic rings. The number of hydrogen-bond donors (Lipinski definition) is 3. The fourth-order valence-electron chi connectivity index (χ4n) is 15.1. The first kappa shape index (κ1) is 64.9. The van der Waals surface area contributed by atoms with Crippen LogP contribution in [0.2, 0.25) is 0 Å². The quantitative estimate of drug-likeness (QED) is 0.0585. The molecule has 3 amide bonds. The number of nitrogens with one attached hydrogen (secondary N) is 3. The Balaban J connectivity index is 0.000000147. The maximum absolute atomic E-state index is 13.5. The lowest BCUT2D eigenvalue weighted by Crippen LogP contribution is -2.46. The van der Waals surface area contributed by atoms with E-state index in [1.54, 1.807) is 0 Å². The van der Waals surface area contributed by atoms with Crippen LogP contribution in [0.5, 0.6) is 0 Å². The van der Waals surface area contributed by atoms with Gasteiger partial charge in [0.25, 0.3) is 17.7 Å². The maximum atomic E-state index is 13.5. The number of esters is 3. The second-order valence-corrected chi connectivity index (χ2v) is 25.6. The van der Waals surface area contributed by atoms with Gasteiger partial charge in [-0.2, -0.15) is 15.3 Å². The molecular weight excluding hydrogens is 1120 g/mol. The predicted octanol–water partition coefficient (Wildman–Crippen LogP) is 11.4. The van der Waals surface area contributed by atoms with Crippen LogP contribution in [0.25, 0.3) is 0 Å². The summed E-state index contributed by atoms with van der Waals surface area (Å²) in [6.07, 6.45) is 29.3. The van der Waals surface area contributed by atoms with Gasteiger partial charge < -0.3 is 30.2 Å². The number of benzene rings is 2. The highest BCUT2D eigenvalue weighted by Gasteiger charge is 2.39. The Morgan fingerprint density at radius 3 is 1.21 bits per heavy atom. The second kappa shape index (κ2) is 32.1. The molecule has 3 heterocycles. The van der Waals surface area contributed by atoms with Gasteiger partial charge in [0, 0.05) is 40.5 Å². The summed E-state index contributed by atoms with van der Waals surface area (Å²) in [6, 6.07) is 20.2. The van der Waals surface area contributed by atoms with Crippen LogP contribution in [0.15, 0.2) is 60.7 Å². The van der Waals surface area contributed by atoms with Crippen LogP contribution in [-0.4, -0.2) is 103 Å². The molecule has 4 saturated carbocycles. The molecular formula is C71H97N9O9. The Morgan fingerprint density at radius 1 is 0.416 bits per heavy atom. The molecule has 3 aromatic heterocycles. The van der Waals surface area contributed by atoms with Crippen molar-refractivity contribution in [3.8, 4) is 0 Å². The Labute approximate surface area is 526 Å². The number of ether oxygens (including phenoxy) is 3. The second-order valence-electron chi connectivity index (χ2n) is 25.6. The largest absolute Gasteiger partial charge is 0.466 e. The van der Waals surface area contributed by atoms with E-state index in [1.807, 2.05) is 66.5 Å². The summed E-state index contributed by atoms with van der Waals surface area (Å²) >= 11 is 0. The first-order chi connectivity index (χ1) is 43.5. The van der Waals surface area contributed by atoms with Gasteiger partial charge in [0.2, 0.25) is 0 Å². The molecule has 5 aromatic rings. The van der Waals surface area contributed by atoms with Crippen molar-refractivity contribution in [1.82, 2.24) is 45.3 Å². The highest BCUT2D eigenvalue weighted by molar-refractivity contribution is 5.96. The van der Waals surface area contributed by atoms with Crippen molar-refractivity contribution in [1.29, 1.82) is 0 Å². The molecule has 12 rings (SSSR count). The van der Waals surface area contributed by atoms with Crippen LogP contribution in [0.3, 0.4) is 0 Å². The fourth-order valence-corrected chi connectivity index (χ4v) is 15.1. The SMILES string of the molecule is CCOC(=O)[C@@H]1CCCC[C@@H]1NC(=O)c1c2c(nn1Cc1ccccc1)CCCC2.CCOC(=O)[C@@H]1CCCC[C@H]1NC(=O)c1nn(C2CCCCC2)c2c1CCCC2.CCOC(=O)[C@H]1CCCC[C@@H]1NC(=O)c1c2c(nn1Cc1ccccc1)CCCC2. The molecule has 0 saturated heterocycles. The van der Waals surface area contributed by atoms with Gasteiger partial charge in [-0.25, -0.2) is 0 Å². The monoisotopic (exact) mass is 1220 g/mol. The number of carbonyl (C=O) groups is 6. The van der Waals surface area contributed by atoms with Crippen molar-refractivity contribution in [3.63, 3.8) is 0 Å². The van der Waals surface area contributed by atoms with E-state index in [2.05, 4.69) is 44.9 Å². The van der Waals surface area contributed by atoms with Crippen molar-refractivity contribution in [2.45, 2.75) is 244 Å². The molecule has 0 unspecified atom stereocenters. The fraction of sp³-hybridized carbons (Fsp3) is 0.620. The predicted molar refractivity (Wildman–Crippen MR) is 339 cm³/mol. The van der Waals surface area contributed by atoms with Crippen LogP contribution < -0.4 is 16.0 Å². The van der Waals surface area contributed by atoms with Gasteiger partial charge in [0.05, 0.1) is 68.1 Å². The average Bonchev–Trinajstić information content (AvgIpc) is 1.75. The zero-order valence-electron chi connectivity index (χ0n) is 53.2. The topological polar surface area (TPSA) is 220 Å². The Hall–Kier alpha value is -7.11. The minimum Gasteiger partial charge on any atom is -0.466 e. The summed E-state index contributed by atoms with van der Waals surface area (Å²) < 4.78 is 21.7. The van der Waals surface area contributed by atoms with Gasteiger partial charge in [0.1, 0.15) is 11.4 Å². The molecule has 2 aromatic carbocycles. The van der Waals surface area contributed by atoms with E-state index < -0.39 is 0 Å². The van der Waals surface area contributed by atoms with E-state index in [0.29, 0.717) is 56.0 Å². The summed E-state index contributed by atoms with van der Waals surface area (Å²) in [4.78, 5) is 77.4. The molecule has 0 radical (unpaired) electrons. The van der Waals surface area contributed by atoms with E-state index in [1.165, 1.54) is 44.2 Å².